The molecule has 6 rings (SSSR count). The molecule has 0 unspecified atom stereocenters. The van der Waals surface area contributed by atoms with Crippen LogP contribution in [0.1, 0.15) is 36.1 Å². The Hall–Kier alpha value is -2.15. The van der Waals surface area contributed by atoms with Gasteiger partial charge in [0, 0.05) is 0 Å². The summed E-state index contributed by atoms with van der Waals surface area (Å²) >= 11 is 0. The number of benzene rings is 4. The molecule has 0 atom stereocenters. The molecule has 156 valence electrons. The van der Waals surface area contributed by atoms with Gasteiger partial charge < -0.3 is 12.6 Å². The number of hydrogen-bond donors (Lipinski definition) is 0. The molecule has 4 aromatic rings. The van der Waals surface area contributed by atoms with Gasteiger partial charge in [0.25, 0.3) is 0 Å². The van der Waals surface area contributed by atoms with E-state index in [2.05, 4.69) is 91.1 Å². The van der Waals surface area contributed by atoms with Gasteiger partial charge in [-0.2, -0.15) is 73.5 Å². The molecule has 0 N–H and O–H groups in total. The summed E-state index contributed by atoms with van der Waals surface area (Å²) in [5, 5.41) is 0. The molecule has 0 radical (unpaired) electrons. The van der Waals surface area contributed by atoms with E-state index in [9.17, 15) is 0 Å². The van der Waals surface area contributed by atoms with Crippen molar-refractivity contribution >= 4 is 16.0 Å². The number of fused-ring (bicyclic) bond motifs is 6. The van der Waals surface area contributed by atoms with Crippen LogP contribution >= 0.6 is 0 Å². The summed E-state index contributed by atoms with van der Waals surface area (Å²) in [6, 6.07) is 36.2. The molecule has 0 saturated heterocycles. The largest absolute Gasteiger partial charge is 4.00 e. The van der Waals surface area contributed by atoms with Crippen molar-refractivity contribution in [3.63, 3.8) is 0 Å². The monoisotopic (exact) mass is 506 g/mol. The second-order valence-electron chi connectivity index (χ2n) is 7.37. The van der Waals surface area contributed by atoms with Gasteiger partial charge in [0.2, 0.25) is 0 Å². The average Bonchev–Trinajstić information content (AvgIpc) is 3.40. The van der Waals surface area contributed by atoms with Crippen LogP contribution in [0.5, 0.6) is 0 Å². The van der Waals surface area contributed by atoms with Crippen LogP contribution in [0.4, 0.5) is 0 Å². The first-order valence-electron chi connectivity index (χ1n) is 10.6. The average molecular weight is 508 g/mol. The quantitative estimate of drug-likeness (QED) is 0.168. The van der Waals surface area contributed by atoms with Crippen LogP contribution in [0.25, 0.3) is 22.3 Å². The minimum atomic E-state index is 0. The minimum Gasteiger partial charge on any atom is -0.533 e. The maximum absolute atomic E-state index is 4.53. The maximum atomic E-state index is 4.53. The molecule has 0 saturated carbocycles. The van der Waals surface area contributed by atoms with E-state index in [0.29, 0.717) is 0 Å². The molecule has 2 heteroatoms. The summed E-state index contributed by atoms with van der Waals surface area (Å²) in [5.41, 5.74) is 11.0. The second-order valence-corrected chi connectivity index (χ2v) is 7.37. The van der Waals surface area contributed by atoms with E-state index in [1.807, 2.05) is 32.4 Å². The van der Waals surface area contributed by atoms with Gasteiger partial charge in [0.05, 0.1) is 0 Å². The van der Waals surface area contributed by atoms with Gasteiger partial charge in [-0.05, 0) is 12.8 Å². The Bertz CT molecular complexity index is 957. The number of hydrogen-bond acceptors (Lipinski definition) is 0. The minimum absolute atomic E-state index is 0. The van der Waals surface area contributed by atoms with Crippen LogP contribution in [0, 0.1) is 18.6 Å². The molecule has 0 aromatic heterocycles. The second kappa shape index (κ2) is 13.4. The van der Waals surface area contributed by atoms with Gasteiger partial charge in [-0.15, -0.1) is 11.1 Å². The van der Waals surface area contributed by atoms with Crippen molar-refractivity contribution in [1.82, 2.24) is 0 Å². The molecule has 0 bridgehead atoms. The van der Waals surface area contributed by atoms with Crippen molar-refractivity contribution in [3.8, 4) is 22.3 Å². The molecule has 0 spiro atoms. The van der Waals surface area contributed by atoms with E-state index < -0.39 is 0 Å². The smallest absolute Gasteiger partial charge is 0.533 e. The fourth-order valence-electron chi connectivity index (χ4n) is 4.00. The fourth-order valence-corrected chi connectivity index (χ4v) is 4.00. The van der Waals surface area contributed by atoms with Gasteiger partial charge >= 0.3 is 26.2 Å². The van der Waals surface area contributed by atoms with E-state index in [0.717, 1.165) is 12.8 Å². The van der Waals surface area contributed by atoms with E-state index in [1.54, 1.807) is 0 Å². The molecular weight excluding hydrogens is 480 g/mol. The van der Waals surface area contributed by atoms with Gasteiger partial charge in [0.15, 0.2) is 0 Å². The van der Waals surface area contributed by atoms with Gasteiger partial charge in [-0.3, -0.25) is 0 Å². The molecule has 0 aliphatic heterocycles. The van der Waals surface area contributed by atoms with Gasteiger partial charge in [-0.1, -0.05) is 70.8 Å². The van der Waals surface area contributed by atoms with E-state index >= 15 is 0 Å². The summed E-state index contributed by atoms with van der Waals surface area (Å²) in [6.45, 7) is 4.00. The van der Waals surface area contributed by atoms with Gasteiger partial charge in [0.1, 0.15) is 0 Å². The fraction of sp³-hybridized carbons (Fsp3) is 0.133. The summed E-state index contributed by atoms with van der Waals surface area (Å²) < 4.78 is 0. The van der Waals surface area contributed by atoms with E-state index in [-0.39, 0.29) is 26.2 Å². The molecule has 0 amide bonds. The van der Waals surface area contributed by atoms with Crippen molar-refractivity contribution in [1.29, 1.82) is 0 Å². The summed E-state index contributed by atoms with van der Waals surface area (Å²) in [6.07, 6.45) is 8.62. The Labute approximate surface area is 215 Å². The predicted octanol–water partition coefficient (Wildman–Crippen LogP) is 6.27. The maximum Gasteiger partial charge on any atom is 4.00 e. The normalized spacial score (nSPS) is 10.7. The summed E-state index contributed by atoms with van der Waals surface area (Å²) in [5.74, 6) is 0. The topological polar surface area (TPSA) is 0 Å². The van der Waals surface area contributed by atoms with E-state index in [1.165, 1.54) is 54.4 Å². The van der Waals surface area contributed by atoms with Crippen LogP contribution in [-0.2, 0) is 39.0 Å². The molecular formula is C30H28SiZr. The molecule has 4 aromatic carbocycles. The van der Waals surface area contributed by atoms with Crippen molar-refractivity contribution in [3.05, 3.63) is 126 Å². The standard InChI is InChI=1S/2C13H9.C3H7.CH3Si.Zr/c2*1-3-7-12-10(5-1)9-11-6-2-4-8-13(11)12;1-3-2;1-2;/h2*1-5,7-8H,9H2;3H,1-2H3;1H,2H2;/q4*-1;+4. The van der Waals surface area contributed by atoms with Crippen molar-refractivity contribution < 1.29 is 26.2 Å². The summed E-state index contributed by atoms with van der Waals surface area (Å²) in [7, 11) is 1.36. The molecule has 2 aliphatic rings. The third-order valence-electron chi connectivity index (χ3n) is 5.23. The zero-order valence-electron chi connectivity index (χ0n) is 18.9. The first-order valence-corrected chi connectivity index (χ1v) is 11.4. The third kappa shape index (κ3) is 6.00. The Morgan fingerprint density at radius 2 is 0.969 bits per heavy atom. The predicted molar refractivity (Wildman–Crippen MR) is 137 cm³/mol. The zero-order valence-corrected chi connectivity index (χ0v) is 22.7. The van der Waals surface area contributed by atoms with E-state index in [4.69, 9.17) is 0 Å². The SMILES string of the molecule is C[CH-]C.[CH-]=[SiH2].[Zr+4].[c-]1cccc2c1Cc1ccccc1-2.[c-]1cccc2c1Cc1ccccc1-2. The van der Waals surface area contributed by atoms with Crippen molar-refractivity contribution in [2.45, 2.75) is 26.7 Å². The van der Waals surface area contributed by atoms with Crippen LogP contribution in [0.2, 0.25) is 0 Å². The number of rotatable bonds is 0. The molecule has 32 heavy (non-hydrogen) atoms. The van der Waals surface area contributed by atoms with Crippen molar-refractivity contribution in [2.24, 2.45) is 0 Å². The first-order chi connectivity index (χ1) is 15.3. The van der Waals surface area contributed by atoms with Crippen LogP contribution in [0.15, 0.2) is 84.9 Å². The third-order valence-corrected chi connectivity index (χ3v) is 5.23. The molecule has 0 nitrogen and oxygen atoms in total. The molecule has 0 heterocycles. The first kappa shape index (κ1) is 26.1. The summed E-state index contributed by atoms with van der Waals surface area (Å²) in [4.78, 5) is 0. The van der Waals surface area contributed by atoms with Crippen LogP contribution in [0.3, 0.4) is 0 Å². The van der Waals surface area contributed by atoms with Gasteiger partial charge in [-0.25, -0.2) is 9.85 Å². The molecule has 0 fully saturated rings. The Kier molecular flexibility index (Phi) is 10.9. The van der Waals surface area contributed by atoms with Crippen LogP contribution < -0.4 is 0 Å². The zero-order chi connectivity index (χ0) is 22.1. The Morgan fingerprint density at radius 1 is 0.625 bits per heavy atom. The van der Waals surface area contributed by atoms with Crippen molar-refractivity contribution in [2.75, 3.05) is 0 Å². The molecule has 2 aliphatic carbocycles. The van der Waals surface area contributed by atoms with Crippen LogP contribution in [-0.4, -0.2) is 16.0 Å². The Balaban J connectivity index is 0.000000185. The Morgan fingerprint density at radius 3 is 1.38 bits per heavy atom.